The van der Waals surface area contributed by atoms with Gasteiger partial charge in [0.2, 0.25) is 29.4 Å². The van der Waals surface area contributed by atoms with Gasteiger partial charge in [-0.25, -0.2) is 4.79 Å². The van der Waals surface area contributed by atoms with E-state index in [1.807, 2.05) is 30.3 Å². The van der Waals surface area contributed by atoms with E-state index < -0.39 is 12.1 Å². The summed E-state index contributed by atoms with van der Waals surface area (Å²) < 4.78 is 5.29. The van der Waals surface area contributed by atoms with Crippen LogP contribution < -0.4 is 10.6 Å². The molecule has 1 atom stereocenters. The minimum atomic E-state index is -1.02. The molecule has 0 spiro atoms. The molecule has 1 amide bonds. The second-order valence-corrected chi connectivity index (χ2v) is 6.30. The molecule has 28 heavy (non-hydrogen) atoms. The SMILES string of the molecule is CN(c1ccccc1)c1nc(N)nc(-c2noc([C@H]3CCCN3C(=O)O)n2)n1. The highest BCUT2D eigenvalue weighted by Crippen LogP contribution is 2.31. The van der Waals surface area contributed by atoms with Crippen LogP contribution in [0.25, 0.3) is 11.6 Å². The van der Waals surface area contributed by atoms with Crippen molar-refractivity contribution in [3.05, 3.63) is 36.2 Å². The number of hydrogen-bond acceptors (Lipinski definition) is 9. The molecule has 1 aromatic carbocycles. The number of nitrogen functional groups attached to an aromatic ring is 1. The van der Waals surface area contributed by atoms with Crippen molar-refractivity contribution >= 4 is 23.7 Å². The molecule has 1 saturated heterocycles. The fraction of sp³-hybridized carbons (Fsp3) is 0.294. The molecule has 1 aliphatic rings. The van der Waals surface area contributed by atoms with Crippen molar-refractivity contribution in [1.82, 2.24) is 30.0 Å². The van der Waals surface area contributed by atoms with Crippen molar-refractivity contribution in [2.75, 3.05) is 24.2 Å². The number of anilines is 3. The van der Waals surface area contributed by atoms with E-state index in [0.29, 0.717) is 18.9 Å². The van der Waals surface area contributed by atoms with Gasteiger partial charge >= 0.3 is 6.09 Å². The van der Waals surface area contributed by atoms with Crippen LogP contribution in [0.5, 0.6) is 0 Å². The maximum Gasteiger partial charge on any atom is 0.407 e. The van der Waals surface area contributed by atoms with Crippen molar-refractivity contribution in [1.29, 1.82) is 0 Å². The maximum absolute atomic E-state index is 11.3. The molecule has 0 bridgehead atoms. The van der Waals surface area contributed by atoms with Gasteiger partial charge in [-0.3, -0.25) is 4.90 Å². The Morgan fingerprint density at radius 1 is 1.21 bits per heavy atom. The number of aromatic nitrogens is 5. The van der Waals surface area contributed by atoms with Gasteiger partial charge in [-0.15, -0.1) is 0 Å². The zero-order chi connectivity index (χ0) is 19.7. The molecule has 11 nitrogen and oxygen atoms in total. The van der Waals surface area contributed by atoms with Crippen LogP contribution in [0.15, 0.2) is 34.9 Å². The van der Waals surface area contributed by atoms with Crippen LogP contribution >= 0.6 is 0 Å². The third-order valence-electron chi connectivity index (χ3n) is 4.51. The molecule has 3 N–H and O–H groups in total. The van der Waals surface area contributed by atoms with E-state index in [1.165, 1.54) is 4.90 Å². The molecule has 11 heteroatoms. The van der Waals surface area contributed by atoms with Crippen molar-refractivity contribution < 1.29 is 14.4 Å². The largest absolute Gasteiger partial charge is 0.465 e. The van der Waals surface area contributed by atoms with E-state index >= 15 is 0 Å². The van der Waals surface area contributed by atoms with Gasteiger partial charge in [0.05, 0.1) is 0 Å². The number of hydrogen-bond donors (Lipinski definition) is 2. The molecule has 1 aliphatic heterocycles. The fourth-order valence-electron chi connectivity index (χ4n) is 3.11. The van der Waals surface area contributed by atoms with Gasteiger partial charge in [0.25, 0.3) is 0 Å². The average molecular weight is 382 g/mol. The number of amides is 1. The number of nitrogens with two attached hydrogens (primary N) is 1. The Morgan fingerprint density at radius 2 is 2.00 bits per heavy atom. The number of nitrogens with zero attached hydrogens (tertiary/aromatic N) is 7. The molecule has 1 fully saturated rings. The number of rotatable bonds is 4. The molecule has 0 unspecified atom stereocenters. The molecule has 0 radical (unpaired) electrons. The topological polar surface area (TPSA) is 147 Å². The summed E-state index contributed by atoms with van der Waals surface area (Å²) in [6.45, 7) is 0.433. The van der Waals surface area contributed by atoms with E-state index in [-0.39, 0.29) is 23.5 Å². The lowest BCUT2D eigenvalue weighted by atomic mass is 10.2. The Labute approximate surface area is 159 Å². The van der Waals surface area contributed by atoms with E-state index in [4.69, 9.17) is 10.3 Å². The van der Waals surface area contributed by atoms with Gasteiger partial charge in [-0.2, -0.15) is 19.9 Å². The normalized spacial score (nSPS) is 16.3. The van der Waals surface area contributed by atoms with Crippen LogP contribution in [0.2, 0.25) is 0 Å². The average Bonchev–Trinajstić information content (AvgIpc) is 3.37. The summed E-state index contributed by atoms with van der Waals surface area (Å²) in [7, 11) is 1.80. The Morgan fingerprint density at radius 3 is 2.75 bits per heavy atom. The first-order valence-electron chi connectivity index (χ1n) is 8.67. The number of carboxylic acid groups (broad SMARTS) is 1. The van der Waals surface area contributed by atoms with Crippen molar-refractivity contribution in [3.63, 3.8) is 0 Å². The summed E-state index contributed by atoms with van der Waals surface area (Å²) in [5.74, 6) is 0.839. The van der Waals surface area contributed by atoms with Crippen LogP contribution in [-0.4, -0.2) is 54.8 Å². The zero-order valence-corrected chi connectivity index (χ0v) is 15.1. The molecule has 4 rings (SSSR count). The number of benzene rings is 1. The first kappa shape index (κ1) is 17.6. The monoisotopic (exact) mass is 382 g/mol. The van der Waals surface area contributed by atoms with Gasteiger partial charge in [0.1, 0.15) is 6.04 Å². The first-order valence-corrected chi connectivity index (χ1v) is 8.67. The molecular formula is C17H18N8O3. The van der Waals surface area contributed by atoms with E-state index in [2.05, 4.69) is 25.1 Å². The molecule has 3 heterocycles. The standard InChI is InChI=1S/C17H18N8O3/c1-24(10-6-3-2-4-7-10)16-21-12(20-15(18)22-16)13-19-14(28-23-13)11-8-5-9-25(11)17(26)27/h2-4,6-7,11H,5,8-9H2,1H3,(H,26,27)(H2,18,20,21,22)/t11-/m1/s1. The number of likely N-dealkylation sites (tertiary alicyclic amines) is 1. The molecule has 0 aliphatic carbocycles. The minimum absolute atomic E-state index is 0.0159. The molecule has 144 valence electrons. The second-order valence-electron chi connectivity index (χ2n) is 6.30. The molecule has 0 saturated carbocycles. The summed E-state index contributed by atoms with van der Waals surface area (Å²) >= 11 is 0. The third-order valence-corrected chi connectivity index (χ3v) is 4.51. The molecular weight excluding hydrogens is 364 g/mol. The predicted molar refractivity (Wildman–Crippen MR) is 98.7 cm³/mol. The lowest BCUT2D eigenvalue weighted by Crippen LogP contribution is -2.28. The predicted octanol–water partition coefficient (Wildman–Crippen LogP) is 2.09. The van der Waals surface area contributed by atoms with Crippen LogP contribution in [0.4, 0.5) is 22.4 Å². The minimum Gasteiger partial charge on any atom is -0.465 e. The van der Waals surface area contributed by atoms with Crippen molar-refractivity contribution in [2.24, 2.45) is 0 Å². The zero-order valence-electron chi connectivity index (χ0n) is 15.1. The lowest BCUT2D eigenvalue weighted by molar-refractivity contribution is 0.131. The fourth-order valence-corrected chi connectivity index (χ4v) is 3.11. The summed E-state index contributed by atoms with van der Waals surface area (Å²) in [6, 6.07) is 9.06. The highest BCUT2D eigenvalue weighted by molar-refractivity contribution is 5.66. The first-order chi connectivity index (χ1) is 13.5. The van der Waals surface area contributed by atoms with Crippen molar-refractivity contribution in [2.45, 2.75) is 18.9 Å². The van der Waals surface area contributed by atoms with Crippen LogP contribution in [0.3, 0.4) is 0 Å². The van der Waals surface area contributed by atoms with E-state index in [0.717, 1.165) is 12.1 Å². The number of carbonyl (C=O) groups is 1. The van der Waals surface area contributed by atoms with Gasteiger partial charge < -0.3 is 20.3 Å². The van der Waals surface area contributed by atoms with E-state index in [1.54, 1.807) is 11.9 Å². The smallest absolute Gasteiger partial charge is 0.407 e. The Hall–Kier alpha value is -3.76. The Bertz CT molecular complexity index is 993. The van der Waals surface area contributed by atoms with Gasteiger partial charge in [-0.1, -0.05) is 23.4 Å². The van der Waals surface area contributed by atoms with Gasteiger partial charge in [-0.05, 0) is 25.0 Å². The van der Waals surface area contributed by atoms with E-state index in [9.17, 15) is 9.90 Å². The molecule has 2 aromatic heterocycles. The van der Waals surface area contributed by atoms with Gasteiger partial charge in [0, 0.05) is 19.3 Å². The summed E-state index contributed by atoms with van der Waals surface area (Å²) in [5.41, 5.74) is 6.71. The molecule has 3 aromatic rings. The maximum atomic E-state index is 11.3. The van der Waals surface area contributed by atoms with Crippen LogP contribution in [-0.2, 0) is 0 Å². The Balaban J connectivity index is 1.64. The number of para-hydroxylation sites is 1. The van der Waals surface area contributed by atoms with Gasteiger partial charge in [0.15, 0.2) is 0 Å². The van der Waals surface area contributed by atoms with Crippen LogP contribution in [0, 0.1) is 0 Å². The summed E-state index contributed by atoms with van der Waals surface area (Å²) in [5, 5.41) is 13.2. The second kappa shape index (κ2) is 7.10. The summed E-state index contributed by atoms with van der Waals surface area (Å²) in [4.78, 5) is 31.3. The quantitative estimate of drug-likeness (QED) is 0.687. The summed E-state index contributed by atoms with van der Waals surface area (Å²) in [6.07, 6.45) is 0.340. The Kier molecular flexibility index (Phi) is 4.47. The highest BCUT2D eigenvalue weighted by atomic mass is 16.5. The highest BCUT2D eigenvalue weighted by Gasteiger charge is 2.34. The third kappa shape index (κ3) is 3.29. The van der Waals surface area contributed by atoms with Crippen molar-refractivity contribution in [3.8, 4) is 11.6 Å². The lowest BCUT2D eigenvalue weighted by Gasteiger charge is -2.17. The van der Waals surface area contributed by atoms with Crippen LogP contribution in [0.1, 0.15) is 24.8 Å².